The number of hydrogen-bond donors (Lipinski definition) is 0. The van der Waals surface area contributed by atoms with Crippen LogP contribution in [-0.4, -0.2) is 4.98 Å². The summed E-state index contributed by atoms with van der Waals surface area (Å²) in [5.74, 6) is 0. The third-order valence-electron chi connectivity index (χ3n) is 1.78. The molecule has 1 aromatic heterocycles. The minimum atomic E-state index is 0.607. The molecule has 0 aliphatic rings. The zero-order valence-electron chi connectivity index (χ0n) is 7.17. The van der Waals surface area contributed by atoms with Gasteiger partial charge in [-0.05, 0) is 29.8 Å². The van der Waals surface area contributed by atoms with Crippen LogP contribution in [0.15, 0.2) is 36.7 Å². The first kappa shape index (κ1) is 9.50. The predicted molar refractivity (Wildman–Crippen MR) is 58.5 cm³/mol. The number of rotatable bonds is 1. The second kappa shape index (κ2) is 3.99. The number of benzene rings is 1. The van der Waals surface area contributed by atoms with Crippen LogP contribution < -0.4 is 0 Å². The highest BCUT2D eigenvalue weighted by Crippen LogP contribution is 2.23. The van der Waals surface area contributed by atoms with Gasteiger partial charge in [0, 0.05) is 23.0 Å². The fraction of sp³-hybridized carbons (Fsp3) is 0. The lowest BCUT2D eigenvalue weighted by atomic mass is 10.1. The normalized spacial score (nSPS) is 10.1. The van der Waals surface area contributed by atoms with Gasteiger partial charge in [0.1, 0.15) is 0 Å². The zero-order chi connectivity index (χ0) is 9.97. The number of hydrogen-bond acceptors (Lipinski definition) is 1. The second-order valence-electron chi connectivity index (χ2n) is 2.81. The third-order valence-corrected chi connectivity index (χ3v) is 2.22. The summed E-state index contributed by atoms with van der Waals surface area (Å²) < 4.78 is 0. The largest absolute Gasteiger partial charge is 0.263 e. The maximum atomic E-state index is 5.86. The van der Waals surface area contributed by atoms with E-state index in [4.69, 9.17) is 23.2 Å². The van der Waals surface area contributed by atoms with Gasteiger partial charge in [0.25, 0.3) is 0 Å². The molecule has 0 aliphatic carbocycles. The quantitative estimate of drug-likeness (QED) is 0.715. The number of pyridine rings is 1. The van der Waals surface area contributed by atoms with E-state index in [1.165, 1.54) is 0 Å². The first-order chi connectivity index (χ1) is 6.75. The molecule has 0 bridgehead atoms. The summed E-state index contributed by atoms with van der Waals surface area (Å²) in [6.07, 6.45) is 3.32. The molecule has 3 heteroatoms. The second-order valence-corrected chi connectivity index (χ2v) is 3.69. The van der Waals surface area contributed by atoms with Crippen LogP contribution in [0.2, 0.25) is 10.0 Å². The Hall–Kier alpha value is -1.05. The predicted octanol–water partition coefficient (Wildman–Crippen LogP) is 3.86. The Morgan fingerprint density at radius 3 is 2.64 bits per heavy atom. The molecule has 69 valence electrons. The van der Waals surface area contributed by atoms with Crippen LogP contribution in [0.4, 0.5) is 0 Å². The van der Waals surface area contributed by atoms with Crippen LogP contribution in [0.5, 0.6) is 0 Å². The van der Waals surface area contributed by atoms with Crippen molar-refractivity contribution in [3.05, 3.63) is 52.8 Å². The lowest BCUT2D eigenvalue weighted by Gasteiger charge is -2.00. The maximum Gasteiger partial charge on any atom is 0.0595 e. The summed E-state index contributed by atoms with van der Waals surface area (Å²) in [5, 5.41) is 1.29. The SMILES string of the molecule is Clc1cc[c]c(-c2cncc(Cl)c2)c1. The lowest BCUT2D eigenvalue weighted by Crippen LogP contribution is -1.80. The number of halogens is 2. The zero-order valence-corrected chi connectivity index (χ0v) is 8.68. The first-order valence-electron chi connectivity index (χ1n) is 4.04. The minimum Gasteiger partial charge on any atom is -0.263 e. The van der Waals surface area contributed by atoms with Crippen LogP contribution in [0.3, 0.4) is 0 Å². The Morgan fingerprint density at radius 1 is 1.07 bits per heavy atom. The molecule has 1 nitrogen and oxygen atoms in total. The molecule has 1 aromatic carbocycles. The van der Waals surface area contributed by atoms with Gasteiger partial charge in [0.05, 0.1) is 5.02 Å². The Labute approximate surface area is 92.3 Å². The van der Waals surface area contributed by atoms with E-state index in [2.05, 4.69) is 11.1 Å². The van der Waals surface area contributed by atoms with Gasteiger partial charge in [0.15, 0.2) is 0 Å². The average Bonchev–Trinajstić information content (AvgIpc) is 2.18. The van der Waals surface area contributed by atoms with Crippen molar-refractivity contribution in [2.75, 3.05) is 0 Å². The molecule has 0 fully saturated rings. The molecule has 0 atom stereocenters. The van der Waals surface area contributed by atoms with E-state index in [1.54, 1.807) is 24.5 Å². The topological polar surface area (TPSA) is 12.9 Å². The van der Waals surface area contributed by atoms with E-state index >= 15 is 0 Å². The van der Waals surface area contributed by atoms with Crippen LogP contribution in [0, 0.1) is 6.07 Å². The van der Waals surface area contributed by atoms with Gasteiger partial charge in [-0.1, -0.05) is 29.3 Å². The van der Waals surface area contributed by atoms with Crippen LogP contribution in [0.1, 0.15) is 0 Å². The number of nitrogens with zero attached hydrogens (tertiary/aromatic N) is 1. The van der Waals surface area contributed by atoms with Gasteiger partial charge in [-0.2, -0.15) is 0 Å². The van der Waals surface area contributed by atoms with Gasteiger partial charge in [-0.25, -0.2) is 0 Å². The van der Waals surface area contributed by atoms with Gasteiger partial charge < -0.3 is 0 Å². The molecule has 1 radical (unpaired) electrons. The molecule has 0 unspecified atom stereocenters. The molecule has 0 spiro atoms. The van der Waals surface area contributed by atoms with E-state index in [0.717, 1.165) is 11.1 Å². The summed E-state index contributed by atoms with van der Waals surface area (Å²) in [6.45, 7) is 0. The molecular weight excluding hydrogens is 217 g/mol. The molecule has 0 saturated carbocycles. The van der Waals surface area contributed by atoms with E-state index in [9.17, 15) is 0 Å². The molecule has 2 aromatic rings. The molecular formula is C11H6Cl2N. The molecule has 14 heavy (non-hydrogen) atoms. The van der Waals surface area contributed by atoms with Crippen LogP contribution >= 0.6 is 23.2 Å². The van der Waals surface area contributed by atoms with Crippen LogP contribution in [0.25, 0.3) is 11.1 Å². The third kappa shape index (κ3) is 2.06. The van der Waals surface area contributed by atoms with Crippen LogP contribution in [-0.2, 0) is 0 Å². The molecule has 0 aliphatic heterocycles. The summed E-state index contributed by atoms with van der Waals surface area (Å²) in [4.78, 5) is 4.00. The standard InChI is InChI=1S/C11H6Cl2N/c12-10-3-1-2-8(4-10)9-5-11(13)7-14-6-9/h1,3-7H. The van der Waals surface area contributed by atoms with E-state index in [0.29, 0.717) is 10.0 Å². The monoisotopic (exact) mass is 222 g/mol. The van der Waals surface area contributed by atoms with Crippen molar-refractivity contribution in [2.45, 2.75) is 0 Å². The Morgan fingerprint density at radius 2 is 1.93 bits per heavy atom. The summed E-state index contributed by atoms with van der Waals surface area (Å²) in [7, 11) is 0. The Kier molecular flexibility index (Phi) is 2.71. The highest BCUT2D eigenvalue weighted by molar-refractivity contribution is 6.31. The van der Waals surface area contributed by atoms with Gasteiger partial charge in [-0.3, -0.25) is 4.98 Å². The molecule has 0 amide bonds. The summed E-state index contributed by atoms with van der Waals surface area (Å²) in [5.41, 5.74) is 1.81. The van der Waals surface area contributed by atoms with E-state index in [1.807, 2.05) is 12.1 Å². The summed E-state index contributed by atoms with van der Waals surface area (Å²) >= 11 is 11.7. The van der Waals surface area contributed by atoms with Crippen molar-refractivity contribution >= 4 is 23.2 Å². The minimum absolute atomic E-state index is 0.607. The average molecular weight is 223 g/mol. The van der Waals surface area contributed by atoms with Crippen molar-refractivity contribution in [3.8, 4) is 11.1 Å². The van der Waals surface area contributed by atoms with E-state index < -0.39 is 0 Å². The molecule has 0 N–H and O–H groups in total. The lowest BCUT2D eigenvalue weighted by molar-refractivity contribution is 1.33. The smallest absolute Gasteiger partial charge is 0.0595 e. The fourth-order valence-corrected chi connectivity index (χ4v) is 1.51. The maximum absolute atomic E-state index is 5.86. The number of aromatic nitrogens is 1. The highest BCUT2D eigenvalue weighted by atomic mass is 35.5. The molecule has 0 saturated heterocycles. The van der Waals surface area contributed by atoms with Gasteiger partial charge >= 0.3 is 0 Å². The molecule has 1 heterocycles. The van der Waals surface area contributed by atoms with Crippen molar-refractivity contribution in [1.29, 1.82) is 0 Å². The summed E-state index contributed by atoms with van der Waals surface area (Å²) in [6, 6.07) is 10.3. The van der Waals surface area contributed by atoms with E-state index in [-0.39, 0.29) is 0 Å². The highest BCUT2D eigenvalue weighted by Gasteiger charge is 1.99. The van der Waals surface area contributed by atoms with Gasteiger partial charge in [-0.15, -0.1) is 0 Å². The van der Waals surface area contributed by atoms with Gasteiger partial charge in [0.2, 0.25) is 0 Å². The first-order valence-corrected chi connectivity index (χ1v) is 4.79. The van der Waals surface area contributed by atoms with Crippen molar-refractivity contribution in [2.24, 2.45) is 0 Å². The Bertz CT molecular complexity index is 411. The molecule has 2 rings (SSSR count). The van der Waals surface area contributed by atoms with Crippen molar-refractivity contribution in [3.63, 3.8) is 0 Å². The van der Waals surface area contributed by atoms with Crippen molar-refractivity contribution in [1.82, 2.24) is 4.98 Å². The Balaban J connectivity index is 2.49. The fourth-order valence-electron chi connectivity index (χ4n) is 1.16. The van der Waals surface area contributed by atoms with Crippen molar-refractivity contribution < 1.29 is 0 Å².